The second-order valence-electron chi connectivity index (χ2n) is 7.13. The Kier molecular flexibility index (Phi) is 6.92. The van der Waals surface area contributed by atoms with Gasteiger partial charge in [0.05, 0.1) is 15.5 Å². The topological polar surface area (TPSA) is 66.5 Å². The molecular weight excluding hydrogens is 460 g/mol. The Morgan fingerprint density at radius 2 is 1.84 bits per heavy atom. The van der Waals surface area contributed by atoms with Crippen molar-refractivity contribution in [1.29, 1.82) is 0 Å². The van der Waals surface area contributed by atoms with Crippen LogP contribution < -0.4 is 4.72 Å². The van der Waals surface area contributed by atoms with E-state index < -0.39 is 37.5 Å². The molecule has 31 heavy (non-hydrogen) atoms. The summed E-state index contributed by atoms with van der Waals surface area (Å²) >= 11 is 5.51. The van der Waals surface area contributed by atoms with Crippen molar-refractivity contribution in [2.24, 2.45) is 0 Å². The number of carbonyl (C=O) groups excluding carboxylic acids is 1. The van der Waals surface area contributed by atoms with E-state index in [0.717, 1.165) is 25.0 Å². The van der Waals surface area contributed by atoms with Gasteiger partial charge in [-0.1, -0.05) is 29.8 Å². The van der Waals surface area contributed by atoms with Crippen LogP contribution in [0.2, 0.25) is 5.02 Å². The molecule has 1 aliphatic carbocycles. The van der Waals surface area contributed by atoms with Crippen LogP contribution in [0.15, 0.2) is 47.4 Å². The molecule has 0 radical (unpaired) electrons. The van der Waals surface area contributed by atoms with Gasteiger partial charge in [0.2, 0.25) is 15.9 Å². The molecule has 0 aromatic heterocycles. The average molecular weight is 479 g/mol. The predicted octanol–water partition coefficient (Wildman–Crippen LogP) is 4.36. The maximum Gasteiger partial charge on any atom is 0.417 e. The normalized spacial score (nSPS) is 14.5. The lowest BCUT2D eigenvalue weighted by molar-refractivity contribution is -0.137. The van der Waals surface area contributed by atoms with E-state index in [4.69, 9.17) is 11.6 Å². The predicted molar refractivity (Wildman–Crippen MR) is 106 cm³/mol. The number of rotatable bonds is 8. The minimum atomic E-state index is -4.81. The van der Waals surface area contributed by atoms with E-state index in [9.17, 15) is 30.8 Å². The summed E-state index contributed by atoms with van der Waals surface area (Å²) in [4.78, 5) is 13.5. The monoisotopic (exact) mass is 478 g/mol. The molecule has 0 bridgehead atoms. The van der Waals surface area contributed by atoms with Crippen molar-refractivity contribution in [3.63, 3.8) is 0 Å². The van der Waals surface area contributed by atoms with E-state index in [0.29, 0.717) is 11.6 Å². The van der Waals surface area contributed by atoms with Gasteiger partial charge in [-0.05, 0) is 37.1 Å². The van der Waals surface area contributed by atoms with Crippen LogP contribution in [0.25, 0.3) is 0 Å². The van der Waals surface area contributed by atoms with Crippen molar-refractivity contribution < 1.29 is 30.8 Å². The molecule has 1 saturated carbocycles. The highest BCUT2D eigenvalue weighted by atomic mass is 35.5. The minimum Gasteiger partial charge on any atom is -0.335 e. The number of nitrogens with one attached hydrogen (secondary N) is 1. The molecular formula is C20H19ClF4N2O3S. The smallest absolute Gasteiger partial charge is 0.335 e. The van der Waals surface area contributed by atoms with Crippen LogP contribution in [0.3, 0.4) is 0 Å². The lowest BCUT2D eigenvalue weighted by atomic mass is 10.2. The van der Waals surface area contributed by atoms with Crippen LogP contribution in [0.4, 0.5) is 17.6 Å². The third-order valence-corrected chi connectivity index (χ3v) is 6.58. The highest BCUT2D eigenvalue weighted by Gasteiger charge is 2.35. The molecule has 3 rings (SSSR count). The number of carbonyl (C=O) groups is 1. The molecule has 1 N–H and O–H groups in total. The molecule has 0 spiro atoms. The zero-order valence-electron chi connectivity index (χ0n) is 16.1. The summed E-state index contributed by atoms with van der Waals surface area (Å²) in [6.07, 6.45) is -3.48. The van der Waals surface area contributed by atoms with Gasteiger partial charge < -0.3 is 4.90 Å². The lowest BCUT2D eigenvalue weighted by Gasteiger charge is -2.23. The molecule has 0 unspecified atom stereocenters. The first-order valence-electron chi connectivity index (χ1n) is 9.38. The summed E-state index contributed by atoms with van der Waals surface area (Å²) in [6.45, 7) is -0.249. The summed E-state index contributed by atoms with van der Waals surface area (Å²) in [7, 11) is -4.29. The number of benzene rings is 2. The third-order valence-electron chi connectivity index (χ3n) is 4.79. The Balaban J connectivity index is 1.64. The van der Waals surface area contributed by atoms with Gasteiger partial charge in [-0.15, -0.1) is 0 Å². The van der Waals surface area contributed by atoms with Gasteiger partial charge in [-0.25, -0.2) is 17.5 Å². The van der Waals surface area contributed by atoms with E-state index >= 15 is 0 Å². The Hall–Kier alpha value is -2.17. The zero-order chi connectivity index (χ0) is 22.8. The number of halogens is 5. The molecule has 5 nitrogen and oxygen atoms in total. The average Bonchev–Trinajstić information content (AvgIpc) is 3.51. The standard InChI is InChI=1S/C20H19ClF4N2O3S/c21-17-8-7-15(11-16(17)20(23,24)25)31(29,30)26-10-9-19(28)27(14-5-6-14)12-13-3-1-2-4-18(13)22/h1-4,7-8,11,14,26H,5-6,9-10,12H2. The van der Waals surface area contributed by atoms with Gasteiger partial charge in [0.15, 0.2) is 0 Å². The molecule has 1 amide bonds. The summed E-state index contributed by atoms with van der Waals surface area (Å²) in [5.41, 5.74) is -0.915. The fourth-order valence-electron chi connectivity index (χ4n) is 3.03. The van der Waals surface area contributed by atoms with Gasteiger partial charge in [0.1, 0.15) is 5.82 Å². The van der Waals surface area contributed by atoms with Crippen molar-refractivity contribution in [2.45, 2.75) is 42.9 Å². The maximum absolute atomic E-state index is 13.9. The number of hydrogen-bond acceptors (Lipinski definition) is 3. The fourth-order valence-corrected chi connectivity index (χ4v) is 4.31. The largest absolute Gasteiger partial charge is 0.417 e. The molecule has 11 heteroatoms. The van der Waals surface area contributed by atoms with Crippen molar-refractivity contribution in [1.82, 2.24) is 9.62 Å². The van der Waals surface area contributed by atoms with Crippen molar-refractivity contribution in [3.8, 4) is 0 Å². The van der Waals surface area contributed by atoms with Crippen LogP contribution in [-0.2, 0) is 27.5 Å². The Labute approximate surface area is 182 Å². The maximum atomic E-state index is 13.9. The van der Waals surface area contributed by atoms with E-state index in [1.54, 1.807) is 12.1 Å². The molecule has 2 aromatic carbocycles. The summed E-state index contributed by atoms with van der Waals surface area (Å²) in [5, 5.41) is -0.616. The first kappa shape index (κ1) is 23.5. The highest BCUT2D eigenvalue weighted by Crippen LogP contribution is 2.36. The molecule has 1 aliphatic rings. The molecule has 0 aliphatic heterocycles. The van der Waals surface area contributed by atoms with E-state index in [2.05, 4.69) is 4.72 Å². The van der Waals surface area contributed by atoms with Crippen LogP contribution in [-0.4, -0.2) is 31.8 Å². The fraction of sp³-hybridized carbons (Fsp3) is 0.350. The first-order valence-corrected chi connectivity index (χ1v) is 11.2. The highest BCUT2D eigenvalue weighted by molar-refractivity contribution is 7.89. The Morgan fingerprint density at radius 1 is 1.16 bits per heavy atom. The summed E-state index contributed by atoms with van der Waals surface area (Å²) in [6, 6.07) is 8.28. The second kappa shape index (κ2) is 9.13. The molecule has 0 saturated heterocycles. The molecule has 0 heterocycles. The number of alkyl halides is 3. The number of nitrogens with zero attached hydrogens (tertiary/aromatic N) is 1. The Bertz CT molecular complexity index is 1070. The van der Waals surface area contributed by atoms with Gasteiger partial charge in [-0.2, -0.15) is 13.2 Å². The first-order chi connectivity index (χ1) is 14.5. The van der Waals surface area contributed by atoms with E-state index in [1.165, 1.54) is 17.0 Å². The van der Waals surface area contributed by atoms with Gasteiger partial charge in [0.25, 0.3) is 0 Å². The second-order valence-corrected chi connectivity index (χ2v) is 9.31. The van der Waals surface area contributed by atoms with Crippen LogP contribution in [0.1, 0.15) is 30.4 Å². The van der Waals surface area contributed by atoms with Crippen molar-refractivity contribution in [3.05, 3.63) is 64.4 Å². The number of hydrogen-bond donors (Lipinski definition) is 1. The number of amides is 1. The molecule has 1 fully saturated rings. The van der Waals surface area contributed by atoms with Crippen LogP contribution in [0.5, 0.6) is 0 Å². The minimum absolute atomic E-state index is 0.0330. The van der Waals surface area contributed by atoms with Gasteiger partial charge in [-0.3, -0.25) is 4.79 Å². The van der Waals surface area contributed by atoms with Crippen molar-refractivity contribution in [2.75, 3.05) is 6.54 Å². The lowest BCUT2D eigenvalue weighted by Crippen LogP contribution is -2.36. The van der Waals surface area contributed by atoms with E-state index in [1.807, 2.05) is 0 Å². The SMILES string of the molecule is O=C(CCNS(=O)(=O)c1ccc(Cl)c(C(F)(F)F)c1)N(Cc1ccccc1F)C1CC1. The molecule has 0 atom stereocenters. The van der Waals surface area contributed by atoms with Gasteiger partial charge in [0, 0.05) is 31.1 Å². The van der Waals surface area contributed by atoms with Crippen LogP contribution in [0, 0.1) is 5.82 Å². The zero-order valence-corrected chi connectivity index (χ0v) is 17.7. The quantitative estimate of drug-likeness (QED) is 0.573. The summed E-state index contributed by atoms with van der Waals surface area (Å²) in [5.74, 6) is -0.814. The molecule has 168 valence electrons. The summed E-state index contributed by atoms with van der Waals surface area (Å²) < 4.78 is 79.7. The van der Waals surface area contributed by atoms with Crippen LogP contribution >= 0.6 is 11.6 Å². The van der Waals surface area contributed by atoms with Gasteiger partial charge >= 0.3 is 6.18 Å². The third kappa shape index (κ3) is 5.96. The van der Waals surface area contributed by atoms with Crippen molar-refractivity contribution >= 4 is 27.5 Å². The number of sulfonamides is 1. The van der Waals surface area contributed by atoms with E-state index in [-0.39, 0.29) is 31.5 Å². The molecule has 2 aromatic rings. The Morgan fingerprint density at radius 3 is 2.45 bits per heavy atom.